The third kappa shape index (κ3) is 4.51. The van der Waals surface area contributed by atoms with Crippen LogP contribution < -0.4 is 0 Å². The van der Waals surface area contributed by atoms with E-state index in [0.717, 1.165) is 0 Å². The van der Waals surface area contributed by atoms with E-state index in [9.17, 15) is 4.48 Å². The Balaban J connectivity index is 3.50. The van der Waals surface area contributed by atoms with Crippen LogP contribution >= 0.6 is 0 Å². The Morgan fingerprint density at radius 3 is 2.50 bits per heavy atom. The normalized spacial score (nSPS) is 10.1. The van der Waals surface area contributed by atoms with Gasteiger partial charge in [-0.15, -0.1) is 0 Å². The highest BCUT2D eigenvalue weighted by Crippen LogP contribution is 1.78. The predicted molar refractivity (Wildman–Crippen MR) is 21.0 cm³/mol. The van der Waals surface area contributed by atoms with Gasteiger partial charge in [0.05, 0.1) is 0 Å². The van der Waals surface area contributed by atoms with Crippen molar-refractivity contribution in [1.29, 1.82) is 5.41 Å². The zero-order valence-electron chi connectivity index (χ0n) is 3.61. The monoisotopic (exact) mass is 116 g/mol. The van der Waals surface area contributed by atoms with Gasteiger partial charge < -0.3 is 0 Å². The predicted octanol–water partition coefficient (Wildman–Crippen LogP) is 1.36. The Hall–Kier alpha value is -1.49. The van der Waals surface area contributed by atoms with Gasteiger partial charge in [0.15, 0.2) is 0 Å². The van der Waals surface area contributed by atoms with Crippen molar-refractivity contribution in [3.05, 3.63) is 0 Å². The summed E-state index contributed by atoms with van der Waals surface area (Å²) in [5.74, 6) is 0. The minimum Gasteiger partial charge on any atom is -0.240 e. The second-order valence-corrected chi connectivity index (χ2v) is 0.556. The second-order valence-electron chi connectivity index (χ2n) is 0.556. The van der Waals surface area contributed by atoms with Gasteiger partial charge in [0.1, 0.15) is 6.01 Å². The molecule has 42 valence electrons. The molecule has 0 saturated carbocycles. The first kappa shape index (κ1) is 6.51. The fourth-order valence-corrected chi connectivity index (χ4v) is 0.0754. The van der Waals surface area contributed by atoms with Crippen LogP contribution in [0.1, 0.15) is 0 Å². The minimum atomic E-state index is 1.52. The fourth-order valence-electron chi connectivity index (χ4n) is 0.0754. The first-order valence-electron chi connectivity index (χ1n) is 1.44. The molecule has 0 aromatic heterocycles. The molecule has 0 radical (unpaired) electrons. The van der Waals surface area contributed by atoms with Crippen molar-refractivity contribution in [2.45, 2.75) is 0 Å². The number of hydrogen-bond donors (Lipinski definition) is 1. The van der Waals surface area contributed by atoms with Gasteiger partial charge in [-0.3, -0.25) is 0 Å². The molecule has 0 atom stereocenters. The summed E-state index contributed by atoms with van der Waals surface area (Å²) in [6, 6.07) is 1.52. The SMILES string of the molecule is N=C=N/N=N/N=N/F. The van der Waals surface area contributed by atoms with Crippen molar-refractivity contribution in [2.24, 2.45) is 26.1 Å². The molecular formula is CHFN6. The molecule has 0 unspecified atom stereocenters. The third-order valence-electron chi connectivity index (χ3n) is 0.209. The molecule has 0 fully saturated rings. The average Bonchev–Trinajstić information content (AvgIpc) is 1.81. The van der Waals surface area contributed by atoms with Crippen molar-refractivity contribution in [3.8, 4) is 0 Å². The quantitative estimate of drug-likeness (QED) is 0.321. The van der Waals surface area contributed by atoms with Crippen molar-refractivity contribution >= 4 is 6.01 Å². The molecule has 1 N–H and O–H groups in total. The summed E-state index contributed by atoms with van der Waals surface area (Å²) in [7, 11) is 0. The Kier molecular flexibility index (Phi) is 4.48. The second kappa shape index (κ2) is 5.51. The van der Waals surface area contributed by atoms with Crippen LogP contribution in [0.25, 0.3) is 0 Å². The van der Waals surface area contributed by atoms with Crippen molar-refractivity contribution in [3.63, 3.8) is 0 Å². The molecule has 0 aliphatic rings. The molecule has 0 aromatic carbocycles. The molecule has 0 bridgehead atoms. The molecule has 0 rings (SSSR count). The van der Waals surface area contributed by atoms with Gasteiger partial charge in [0.2, 0.25) is 0 Å². The summed E-state index contributed by atoms with van der Waals surface area (Å²) in [6.45, 7) is 0. The number of halogens is 1. The van der Waals surface area contributed by atoms with Gasteiger partial charge in [-0.1, -0.05) is 9.58 Å². The van der Waals surface area contributed by atoms with Crippen LogP contribution in [0, 0.1) is 5.41 Å². The smallest absolute Gasteiger partial charge is 0.116 e. The molecule has 0 spiro atoms. The standard InChI is InChI=1S/CHFN6/c2-5-7-8-6-4-1-3/h3H/b7-5+,8-6+. The maximum absolute atomic E-state index is 10.6. The van der Waals surface area contributed by atoms with Crippen molar-refractivity contribution in [1.82, 2.24) is 0 Å². The summed E-state index contributed by atoms with van der Waals surface area (Å²) in [5.41, 5.74) is 0. The molecule has 0 saturated heterocycles. The Morgan fingerprint density at radius 2 is 2.00 bits per heavy atom. The lowest BCUT2D eigenvalue weighted by Crippen LogP contribution is -1.44. The lowest BCUT2D eigenvalue weighted by molar-refractivity contribution is 0.474. The molecule has 6 nitrogen and oxygen atoms in total. The highest BCUT2D eigenvalue weighted by Gasteiger charge is 1.59. The van der Waals surface area contributed by atoms with Gasteiger partial charge in [-0.2, -0.15) is 0 Å². The lowest BCUT2D eigenvalue weighted by atomic mass is 11.6. The van der Waals surface area contributed by atoms with Gasteiger partial charge in [0.25, 0.3) is 0 Å². The summed E-state index contributed by atoms with van der Waals surface area (Å²) in [4.78, 5) is 0. The molecule has 8 heavy (non-hydrogen) atoms. The average molecular weight is 116 g/mol. The molecule has 0 aliphatic heterocycles. The summed E-state index contributed by atoms with van der Waals surface area (Å²) >= 11 is 0. The van der Waals surface area contributed by atoms with E-state index in [-0.39, 0.29) is 0 Å². The number of nitrogens with one attached hydrogen (secondary N) is 1. The third-order valence-corrected chi connectivity index (χ3v) is 0.209. The van der Waals surface area contributed by atoms with Crippen molar-refractivity contribution < 1.29 is 4.48 Å². The number of nitrogens with zero attached hydrogens (tertiary/aromatic N) is 5. The summed E-state index contributed by atoms with van der Waals surface area (Å²) < 4.78 is 10.6. The molecular weight excluding hydrogens is 115 g/mol. The maximum Gasteiger partial charge on any atom is 0.116 e. The van der Waals surface area contributed by atoms with E-state index in [1.165, 1.54) is 6.01 Å². The van der Waals surface area contributed by atoms with E-state index in [4.69, 9.17) is 5.41 Å². The van der Waals surface area contributed by atoms with E-state index in [2.05, 4.69) is 20.8 Å². The molecule has 0 aliphatic carbocycles. The Labute approximate surface area is 43.3 Å². The molecule has 0 heterocycles. The molecule has 7 heteroatoms. The zero-order chi connectivity index (χ0) is 6.24. The summed E-state index contributed by atoms with van der Waals surface area (Å²) in [6.07, 6.45) is 0. The van der Waals surface area contributed by atoms with Gasteiger partial charge in [-0.05, 0) is 10.4 Å². The first-order valence-corrected chi connectivity index (χ1v) is 1.44. The number of rotatable bonds is 2. The van der Waals surface area contributed by atoms with E-state index in [1.54, 1.807) is 5.34 Å². The zero-order valence-corrected chi connectivity index (χ0v) is 3.61. The van der Waals surface area contributed by atoms with Crippen LogP contribution in [0.5, 0.6) is 0 Å². The van der Waals surface area contributed by atoms with E-state index < -0.39 is 0 Å². The first-order chi connectivity index (χ1) is 3.91. The van der Waals surface area contributed by atoms with Crippen LogP contribution in [-0.2, 0) is 0 Å². The highest BCUT2D eigenvalue weighted by atomic mass is 19.2. The topological polar surface area (TPSA) is 85.6 Å². The van der Waals surface area contributed by atoms with E-state index in [0.29, 0.717) is 0 Å². The van der Waals surface area contributed by atoms with Crippen LogP contribution in [0.4, 0.5) is 4.48 Å². The van der Waals surface area contributed by atoms with Crippen LogP contribution in [0.15, 0.2) is 26.1 Å². The minimum absolute atomic E-state index is 1.52. The highest BCUT2D eigenvalue weighted by molar-refractivity contribution is 5.34. The Bertz CT molecular complexity index is 141. The van der Waals surface area contributed by atoms with Gasteiger partial charge in [0, 0.05) is 10.6 Å². The molecule has 0 aromatic rings. The lowest BCUT2D eigenvalue weighted by Gasteiger charge is -1.60. The largest absolute Gasteiger partial charge is 0.240 e. The van der Waals surface area contributed by atoms with Crippen LogP contribution in [0.2, 0.25) is 0 Å². The fraction of sp³-hybridized carbons (Fsp3) is 0. The van der Waals surface area contributed by atoms with Crippen molar-refractivity contribution in [2.75, 3.05) is 0 Å². The van der Waals surface area contributed by atoms with E-state index >= 15 is 0 Å². The van der Waals surface area contributed by atoms with Gasteiger partial charge >= 0.3 is 0 Å². The molecule has 0 amide bonds. The van der Waals surface area contributed by atoms with Crippen LogP contribution in [0.3, 0.4) is 0 Å². The van der Waals surface area contributed by atoms with Gasteiger partial charge in [-0.25, -0.2) is 5.41 Å². The maximum atomic E-state index is 10.6. The van der Waals surface area contributed by atoms with E-state index in [1.807, 2.05) is 0 Å². The Morgan fingerprint density at radius 1 is 1.25 bits per heavy atom. The van der Waals surface area contributed by atoms with Crippen LogP contribution in [-0.4, -0.2) is 6.01 Å². The summed E-state index contributed by atoms with van der Waals surface area (Å²) in [5, 5.41) is 18.4. The number of hydrogen-bond acceptors (Lipinski definition) is 3.